The maximum Gasteiger partial charge on any atom is 0.243 e. The number of amides is 3. The van der Waals surface area contributed by atoms with Crippen LogP contribution in [-0.2, 0) is 14.4 Å². The van der Waals surface area contributed by atoms with Crippen molar-refractivity contribution in [3.05, 3.63) is 29.8 Å². The van der Waals surface area contributed by atoms with Gasteiger partial charge in [-0.3, -0.25) is 14.4 Å². The fourth-order valence-corrected chi connectivity index (χ4v) is 3.60. The molecule has 1 unspecified atom stereocenters. The number of rotatable bonds is 3. The Labute approximate surface area is 141 Å². The van der Waals surface area contributed by atoms with E-state index in [1.54, 1.807) is 21.7 Å². The molecule has 0 aromatic heterocycles. The van der Waals surface area contributed by atoms with Crippen molar-refractivity contribution in [1.29, 1.82) is 0 Å². The van der Waals surface area contributed by atoms with E-state index < -0.39 is 5.92 Å². The van der Waals surface area contributed by atoms with Crippen LogP contribution >= 0.6 is 0 Å². The van der Waals surface area contributed by atoms with Crippen molar-refractivity contribution in [2.75, 3.05) is 31.7 Å². The van der Waals surface area contributed by atoms with E-state index in [9.17, 15) is 14.4 Å². The molecular formula is C18H21N3O3. The Morgan fingerprint density at radius 3 is 2.67 bits per heavy atom. The highest BCUT2D eigenvalue weighted by atomic mass is 16.2. The first-order chi connectivity index (χ1) is 11.5. The zero-order chi connectivity index (χ0) is 16.8. The molecule has 1 atom stereocenters. The largest absolute Gasteiger partial charge is 0.323 e. The third-order valence-electron chi connectivity index (χ3n) is 5.23. The summed E-state index contributed by atoms with van der Waals surface area (Å²) in [6.07, 6.45) is 2.52. The fraction of sp³-hybridized carbons (Fsp3) is 0.500. The van der Waals surface area contributed by atoms with Crippen LogP contribution < -0.4 is 4.90 Å². The first-order valence-electron chi connectivity index (χ1n) is 8.46. The molecule has 3 amide bonds. The Hall–Kier alpha value is -2.37. The van der Waals surface area contributed by atoms with E-state index in [2.05, 4.69) is 0 Å². The van der Waals surface area contributed by atoms with Gasteiger partial charge in [-0.05, 0) is 30.4 Å². The van der Waals surface area contributed by atoms with Gasteiger partial charge in [-0.2, -0.15) is 0 Å². The first-order valence-corrected chi connectivity index (χ1v) is 8.46. The van der Waals surface area contributed by atoms with Crippen LogP contribution in [0.2, 0.25) is 0 Å². The first kappa shape index (κ1) is 15.2. The monoisotopic (exact) mass is 327 g/mol. The summed E-state index contributed by atoms with van der Waals surface area (Å²) < 4.78 is 0. The van der Waals surface area contributed by atoms with Crippen molar-refractivity contribution in [2.24, 2.45) is 5.92 Å². The number of carbonyl (C=O) groups excluding carboxylic acids is 3. The number of fused-ring (bicyclic) bond motifs is 1. The fourth-order valence-electron chi connectivity index (χ4n) is 3.60. The van der Waals surface area contributed by atoms with Gasteiger partial charge in [-0.15, -0.1) is 0 Å². The zero-order valence-electron chi connectivity index (χ0n) is 13.8. The topological polar surface area (TPSA) is 60.9 Å². The second kappa shape index (κ2) is 5.61. The summed E-state index contributed by atoms with van der Waals surface area (Å²) in [5.41, 5.74) is 1.66. The van der Waals surface area contributed by atoms with Crippen molar-refractivity contribution in [2.45, 2.75) is 25.2 Å². The number of anilines is 1. The minimum atomic E-state index is -0.487. The lowest BCUT2D eigenvalue weighted by atomic mass is 9.88. The minimum Gasteiger partial charge on any atom is -0.323 e. The lowest BCUT2D eigenvalue weighted by molar-refractivity contribution is -0.135. The third-order valence-corrected chi connectivity index (χ3v) is 5.23. The van der Waals surface area contributed by atoms with Gasteiger partial charge in [0.05, 0.1) is 12.6 Å². The molecule has 1 saturated heterocycles. The van der Waals surface area contributed by atoms with Crippen molar-refractivity contribution in [3.8, 4) is 0 Å². The molecule has 1 saturated carbocycles. The number of carbonyl (C=O) groups is 3. The zero-order valence-corrected chi connectivity index (χ0v) is 13.8. The Balaban J connectivity index is 1.55. The Bertz CT molecular complexity index is 713. The molecule has 24 heavy (non-hydrogen) atoms. The Morgan fingerprint density at radius 2 is 1.92 bits per heavy atom. The molecule has 0 bridgehead atoms. The molecule has 126 valence electrons. The summed E-state index contributed by atoms with van der Waals surface area (Å²) in [4.78, 5) is 42.4. The number of para-hydroxylation sites is 1. The molecule has 0 radical (unpaired) electrons. The van der Waals surface area contributed by atoms with Crippen LogP contribution in [0.3, 0.4) is 0 Å². The van der Waals surface area contributed by atoms with Gasteiger partial charge < -0.3 is 14.7 Å². The van der Waals surface area contributed by atoms with Crippen molar-refractivity contribution < 1.29 is 14.4 Å². The Morgan fingerprint density at radius 1 is 1.17 bits per heavy atom. The van der Waals surface area contributed by atoms with Gasteiger partial charge in [0.1, 0.15) is 6.54 Å². The molecular weight excluding hydrogens is 306 g/mol. The average molecular weight is 327 g/mol. The van der Waals surface area contributed by atoms with Crippen LogP contribution in [0.1, 0.15) is 30.7 Å². The van der Waals surface area contributed by atoms with Crippen LogP contribution in [0.5, 0.6) is 0 Å². The van der Waals surface area contributed by atoms with E-state index >= 15 is 0 Å². The van der Waals surface area contributed by atoms with E-state index in [1.165, 1.54) is 12.8 Å². The van der Waals surface area contributed by atoms with Crippen LogP contribution in [0.4, 0.5) is 5.69 Å². The molecule has 0 N–H and O–H groups in total. The SMILES string of the molecule is CN1C(=O)CC(C(=O)N2CC(=O)N(CC3CC3)C2)c2ccccc21. The smallest absolute Gasteiger partial charge is 0.243 e. The second-order valence-corrected chi connectivity index (χ2v) is 7.01. The summed E-state index contributed by atoms with van der Waals surface area (Å²) in [5.74, 6) is -0.0426. The molecule has 6 heteroatoms. The van der Waals surface area contributed by atoms with Gasteiger partial charge in [-0.1, -0.05) is 18.2 Å². The third kappa shape index (κ3) is 2.56. The normalized spacial score (nSPS) is 23.7. The van der Waals surface area contributed by atoms with Crippen molar-refractivity contribution in [3.63, 3.8) is 0 Å². The van der Waals surface area contributed by atoms with Crippen LogP contribution in [-0.4, -0.2) is 54.3 Å². The summed E-state index contributed by atoms with van der Waals surface area (Å²) in [5, 5.41) is 0. The molecule has 2 heterocycles. The highest BCUT2D eigenvalue weighted by molar-refractivity contribution is 6.03. The molecule has 3 aliphatic rings. The number of hydrogen-bond donors (Lipinski definition) is 0. The van der Waals surface area contributed by atoms with Gasteiger partial charge in [0.2, 0.25) is 17.7 Å². The molecule has 1 aliphatic carbocycles. The predicted molar refractivity (Wildman–Crippen MR) is 88.2 cm³/mol. The van der Waals surface area contributed by atoms with E-state index in [1.807, 2.05) is 24.3 Å². The summed E-state index contributed by atoms with van der Waals surface area (Å²) in [6.45, 7) is 1.25. The van der Waals surface area contributed by atoms with E-state index in [4.69, 9.17) is 0 Å². The minimum absolute atomic E-state index is 0.0165. The lowest BCUT2D eigenvalue weighted by Gasteiger charge is -2.32. The molecule has 1 aromatic rings. The highest BCUT2D eigenvalue weighted by Crippen LogP contribution is 2.37. The summed E-state index contributed by atoms with van der Waals surface area (Å²) >= 11 is 0. The number of nitrogens with zero attached hydrogens (tertiary/aromatic N) is 3. The van der Waals surface area contributed by atoms with Gasteiger partial charge in [0.25, 0.3) is 0 Å². The summed E-state index contributed by atoms with van der Waals surface area (Å²) in [6, 6.07) is 7.52. The molecule has 2 fully saturated rings. The van der Waals surface area contributed by atoms with Gasteiger partial charge in [0, 0.05) is 25.7 Å². The average Bonchev–Trinajstić information content (AvgIpc) is 3.32. The summed E-state index contributed by atoms with van der Waals surface area (Å²) in [7, 11) is 1.73. The number of hydrogen-bond acceptors (Lipinski definition) is 3. The molecule has 0 spiro atoms. The molecule has 4 rings (SSSR count). The van der Waals surface area contributed by atoms with Gasteiger partial charge in [0.15, 0.2) is 0 Å². The maximum atomic E-state index is 13.0. The van der Waals surface area contributed by atoms with Gasteiger partial charge in [-0.25, -0.2) is 0 Å². The van der Waals surface area contributed by atoms with Crippen molar-refractivity contribution in [1.82, 2.24) is 9.80 Å². The maximum absolute atomic E-state index is 13.0. The molecule has 2 aliphatic heterocycles. The van der Waals surface area contributed by atoms with Crippen LogP contribution in [0, 0.1) is 5.92 Å². The standard InChI is InChI=1S/C18H21N3O3/c1-19-15-5-3-2-4-13(15)14(8-16(19)22)18(24)21-10-17(23)20(11-21)9-12-6-7-12/h2-5,12,14H,6-11H2,1H3. The lowest BCUT2D eigenvalue weighted by Crippen LogP contribution is -2.41. The number of benzene rings is 1. The predicted octanol–water partition coefficient (Wildman–Crippen LogP) is 1.18. The molecule has 6 nitrogen and oxygen atoms in total. The Kier molecular flexibility index (Phi) is 3.55. The quantitative estimate of drug-likeness (QED) is 0.837. The van der Waals surface area contributed by atoms with E-state index in [0.717, 1.165) is 17.8 Å². The van der Waals surface area contributed by atoms with E-state index in [0.29, 0.717) is 12.6 Å². The highest BCUT2D eigenvalue weighted by Gasteiger charge is 2.40. The molecule has 1 aromatic carbocycles. The van der Waals surface area contributed by atoms with Gasteiger partial charge >= 0.3 is 0 Å². The van der Waals surface area contributed by atoms with Crippen molar-refractivity contribution >= 4 is 23.4 Å². The van der Waals surface area contributed by atoms with E-state index in [-0.39, 0.29) is 30.7 Å². The van der Waals surface area contributed by atoms with Crippen LogP contribution in [0.25, 0.3) is 0 Å². The second-order valence-electron chi connectivity index (χ2n) is 7.01. The van der Waals surface area contributed by atoms with Crippen LogP contribution in [0.15, 0.2) is 24.3 Å².